The fourth-order valence-electron chi connectivity index (χ4n) is 3.43. The van der Waals surface area contributed by atoms with Crippen molar-refractivity contribution < 1.29 is 0 Å². The largest absolute Gasteiger partial charge is 0.394 e. The van der Waals surface area contributed by atoms with Gasteiger partial charge in [0.05, 0.1) is 16.9 Å². The molecule has 3 heterocycles. The van der Waals surface area contributed by atoms with Crippen molar-refractivity contribution in [3.8, 4) is 0 Å². The summed E-state index contributed by atoms with van der Waals surface area (Å²) in [5, 5.41) is 5.54. The number of fused-ring (bicyclic) bond motifs is 1. The molecule has 1 fully saturated rings. The topological polar surface area (TPSA) is 76.1 Å². The van der Waals surface area contributed by atoms with Crippen molar-refractivity contribution in [2.75, 3.05) is 41.7 Å². The van der Waals surface area contributed by atoms with E-state index in [4.69, 9.17) is 5.73 Å². The zero-order chi connectivity index (χ0) is 17.6. The molecule has 0 bridgehead atoms. The summed E-state index contributed by atoms with van der Waals surface area (Å²) >= 11 is 2.33. The molecule has 1 aliphatic heterocycles. The van der Waals surface area contributed by atoms with E-state index in [2.05, 4.69) is 65.7 Å². The Balaban J connectivity index is 1.59. The average Bonchev–Trinajstić information content (AvgIpc) is 2.87. The van der Waals surface area contributed by atoms with E-state index in [0.29, 0.717) is 0 Å². The van der Waals surface area contributed by atoms with Crippen LogP contribution in [0.4, 0.5) is 17.3 Å². The van der Waals surface area contributed by atoms with Gasteiger partial charge in [-0.3, -0.25) is 4.68 Å². The van der Waals surface area contributed by atoms with Crippen LogP contribution in [0.5, 0.6) is 0 Å². The van der Waals surface area contributed by atoms with Gasteiger partial charge in [-0.25, -0.2) is 9.97 Å². The van der Waals surface area contributed by atoms with Gasteiger partial charge < -0.3 is 15.5 Å². The molecule has 2 aromatic heterocycles. The number of hydrogen-bond acceptors (Lipinski definition) is 6. The Morgan fingerprint density at radius 1 is 1.08 bits per heavy atom. The third-order valence-corrected chi connectivity index (χ3v) is 5.36. The molecule has 0 amide bonds. The van der Waals surface area contributed by atoms with Crippen molar-refractivity contribution >= 4 is 50.8 Å². The smallest absolute Gasteiger partial charge is 0.150 e. The van der Waals surface area contributed by atoms with Gasteiger partial charge in [0.25, 0.3) is 0 Å². The predicted octanol–water partition coefficient (Wildman–Crippen LogP) is 2.19. The SMILES string of the molecule is Cc1nn(C)c(N2CCN(c3ncnc4ccc(I)cc34)CC2)c1N. The van der Waals surface area contributed by atoms with E-state index in [9.17, 15) is 0 Å². The minimum Gasteiger partial charge on any atom is -0.394 e. The van der Waals surface area contributed by atoms with Gasteiger partial charge in [-0.2, -0.15) is 5.10 Å². The fraction of sp³-hybridized carbons (Fsp3) is 0.353. The van der Waals surface area contributed by atoms with Crippen LogP contribution in [0.3, 0.4) is 0 Å². The highest BCUT2D eigenvalue weighted by Crippen LogP contribution is 2.29. The molecule has 1 saturated heterocycles. The van der Waals surface area contributed by atoms with E-state index in [1.165, 1.54) is 3.57 Å². The Kier molecular flexibility index (Phi) is 4.14. The van der Waals surface area contributed by atoms with Crippen molar-refractivity contribution in [1.29, 1.82) is 0 Å². The van der Waals surface area contributed by atoms with E-state index in [-0.39, 0.29) is 0 Å². The minimum atomic E-state index is 0.776. The molecule has 1 aliphatic rings. The Morgan fingerprint density at radius 2 is 1.80 bits per heavy atom. The maximum atomic E-state index is 6.21. The van der Waals surface area contributed by atoms with Crippen LogP contribution in [0.25, 0.3) is 10.9 Å². The van der Waals surface area contributed by atoms with Gasteiger partial charge >= 0.3 is 0 Å². The van der Waals surface area contributed by atoms with E-state index < -0.39 is 0 Å². The summed E-state index contributed by atoms with van der Waals surface area (Å²) in [4.78, 5) is 13.6. The summed E-state index contributed by atoms with van der Waals surface area (Å²) in [5.74, 6) is 2.02. The van der Waals surface area contributed by atoms with Crippen LogP contribution < -0.4 is 15.5 Å². The van der Waals surface area contributed by atoms with Crippen molar-refractivity contribution in [3.63, 3.8) is 0 Å². The number of piperazine rings is 1. The number of nitrogen functional groups attached to an aromatic ring is 1. The van der Waals surface area contributed by atoms with Gasteiger partial charge in [0.1, 0.15) is 12.1 Å². The van der Waals surface area contributed by atoms with Gasteiger partial charge in [-0.05, 0) is 47.7 Å². The van der Waals surface area contributed by atoms with Crippen LogP contribution in [0.2, 0.25) is 0 Å². The lowest BCUT2D eigenvalue weighted by atomic mass is 10.2. The number of benzene rings is 1. The number of rotatable bonds is 2. The minimum absolute atomic E-state index is 0.776. The summed E-state index contributed by atoms with van der Waals surface area (Å²) in [7, 11) is 1.95. The average molecular weight is 449 g/mol. The van der Waals surface area contributed by atoms with Gasteiger partial charge in [0, 0.05) is 42.2 Å². The normalized spacial score (nSPS) is 15.2. The molecular weight excluding hydrogens is 429 g/mol. The fourth-order valence-corrected chi connectivity index (χ4v) is 3.93. The molecule has 130 valence electrons. The lowest BCUT2D eigenvalue weighted by Crippen LogP contribution is -2.47. The van der Waals surface area contributed by atoms with E-state index in [1.807, 2.05) is 18.7 Å². The molecule has 4 rings (SSSR count). The van der Waals surface area contributed by atoms with Crippen molar-refractivity contribution in [2.24, 2.45) is 7.05 Å². The van der Waals surface area contributed by atoms with Gasteiger partial charge in [-0.15, -0.1) is 0 Å². The zero-order valence-electron chi connectivity index (χ0n) is 14.3. The maximum absolute atomic E-state index is 6.21. The van der Waals surface area contributed by atoms with Crippen molar-refractivity contribution in [1.82, 2.24) is 19.7 Å². The van der Waals surface area contributed by atoms with Crippen LogP contribution in [-0.4, -0.2) is 45.9 Å². The highest BCUT2D eigenvalue weighted by Gasteiger charge is 2.24. The summed E-state index contributed by atoms with van der Waals surface area (Å²) in [6.07, 6.45) is 1.65. The number of nitrogens with two attached hydrogens (primary N) is 1. The van der Waals surface area contributed by atoms with Gasteiger partial charge in [0.15, 0.2) is 5.82 Å². The third-order valence-electron chi connectivity index (χ3n) is 4.69. The summed E-state index contributed by atoms with van der Waals surface area (Å²) in [6.45, 7) is 5.50. The Labute approximate surface area is 160 Å². The number of halogens is 1. The summed E-state index contributed by atoms with van der Waals surface area (Å²) in [5.41, 5.74) is 8.86. The maximum Gasteiger partial charge on any atom is 0.150 e. The Morgan fingerprint density at radius 3 is 2.48 bits per heavy atom. The molecule has 3 aromatic rings. The summed E-state index contributed by atoms with van der Waals surface area (Å²) in [6, 6.07) is 6.28. The van der Waals surface area contributed by atoms with Crippen molar-refractivity contribution in [2.45, 2.75) is 6.92 Å². The predicted molar refractivity (Wildman–Crippen MR) is 109 cm³/mol. The van der Waals surface area contributed by atoms with Crippen molar-refractivity contribution in [3.05, 3.63) is 33.8 Å². The molecule has 0 spiro atoms. The van der Waals surface area contributed by atoms with Crippen LogP contribution in [-0.2, 0) is 7.05 Å². The van der Waals surface area contributed by atoms with Gasteiger partial charge in [0.2, 0.25) is 0 Å². The standard InChI is InChI=1S/C17H20IN7/c1-11-15(19)17(23(2)22-11)25-7-5-24(6-8-25)16-13-9-12(18)3-4-14(13)20-10-21-16/h3-4,9-10H,5-8,19H2,1-2H3. The second-order valence-electron chi connectivity index (χ2n) is 6.28. The van der Waals surface area contributed by atoms with Crippen LogP contribution in [0.15, 0.2) is 24.5 Å². The number of hydrogen-bond donors (Lipinski definition) is 1. The van der Waals surface area contributed by atoms with E-state index in [1.54, 1.807) is 6.33 Å². The zero-order valence-corrected chi connectivity index (χ0v) is 16.4. The monoisotopic (exact) mass is 449 g/mol. The first-order valence-corrected chi connectivity index (χ1v) is 9.31. The lowest BCUT2D eigenvalue weighted by Gasteiger charge is -2.37. The van der Waals surface area contributed by atoms with Crippen LogP contribution in [0, 0.1) is 10.5 Å². The Bertz CT molecular complexity index is 928. The highest BCUT2D eigenvalue weighted by molar-refractivity contribution is 14.1. The van der Waals surface area contributed by atoms with E-state index >= 15 is 0 Å². The van der Waals surface area contributed by atoms with E-state index in [0.717, 1.165) is 60.1 Å². The first kappa shape index (κ1) is 16.4. The molecule has 2 N–H and O–H groups in total. The number of nitrogens with zero attached hydrogens (tertiary/aromatic N) is 6. The van der Waals surface area contributed by atoms with Gasteiger partial charge in [-0.1, -0.05) is 0 Å². The molecule has 0 aliphatic carbocycles. The molecule has 1 aromatic carbocycles. The molecule has 7 nitrogen and oxygen atoms in total. The number of aromatic nitrogens is 4. The molecule has 0 radical (unpaired) electrons. The Hall–Kier alpha value is -2.10. The highest BCUT2D eigenvalue weighted by atomic mass is 127. The lowest BCUT2D eigenvalue weighted by molar-refractivity contribution is 0.621. The number of aryl methyl sites for hydroxylation is 2. The quantitative estimate of drug-likeness (QED) is 0.605. The molecule has 0 unspecified atom stereocenters. The molecule has 0 atom stereocenters. The second kappa shape index (κ2) is 6.32. The molecule has 8 heteroatoms. The second-order valence-corrected chi connectivity index (χ2v) is 7.52. The van der Waals surface area contributed by atoms with Crippen LogP contribution >= 0.6 is 22.6 Å². The molecule has 0 saturated carbocycles. The first-order valence-electron chi connectivity index (χ1n) is 8.24. The summed E-state index contributed by atoms with van der Waals surface area (Å²) < 4.78 is 3.07. The third kappa shape index (κ3) is 2.88. The van der Waals surface area contributed by atoms with Crippen LogP contribution in [0.1, 0.15) is 5.69 Å². The molecular formula is C17H20IN7. The number of anilines is 3. The first-order chi connectivity index (χ1) is 12.0. The molecule has 25 heavy (non-hydrogen) atoms.